The molecule has 2 amide bonds. The highest BCUT2D eigenvalue weighted by Gasteiger charge is 2.27. The zero-order valence-corrected chi connectivity index (χ0v) is 8.67. The molecule has 1 fully saturated rings. The minimum Gasteiger partial charge on any atom is -0.355 e. The Labute approximate surface area is 83.8 Å². The molecule has 1 saturated heterocycles. The molecule has 0 spiro atoms. The molecule has 5 nitrogen and oxygen atoms in total. The fourth-order valence-corrected chi connectivity index (χ4v) is 1.50. The molecule has 80 valence electrons. The van der Waals surface area contributed by atoms with Crippen LogP contribution in [0.15, 0.2) is 0 Å². The third-order valence-corrected chi connectivity index (χ3v) is 2.32. The van der Waals surface area contributed by atoms with Crippen LogP contribution >= 0.6 is 0 Å². The Balaban J connectivity index is 2.13. The molecule has 5 heteroatoms. The maximum Gasteiger partial charge on any atom is 0.239 e. The van der Waals surface area contributed by atoms with E-state index in [0.29, 0.717) is 13.1 Å². The van der Waals surface area contributed by atoms with Gasteiger partial charge in [-0.25, -0.2) is 0 Å². The monoisotopic (exact) mass is 199 g/mol. The molecule has 0 radical (unpaired) electrons. The van der Waals surface area contributed by atoms with Gasteiger partial charge in [0.2, 0.25) is 11.8 Å². The number of likely N-dealkylation sites (N-methyl/N-ethyl adjacent to an activating group) is 1. The minimum absolute atomic E-state index is 0.0401. The lowest BCUT2D eigenvalue weighted by Crippen LogP contribution is -2.40. The summed E-state index contributed by atoms with van der Waals surface area (Å²) in [5, 5.41) is 5.78. The van der Waals surface area contributed by atoms with Gasteiger partial charge >= 0.3 is 0 Å². The molecule has 0 aromatic rings. The molecule has 0 saturated carbocycles. The van der Waals surface area contributed by atoms with Gasteiger partial charge in [0.15, 0.2) is 0 Å². The number of nitrogens with zero attached hydrogens (tertiary/aromatic N) is 1. The van der Waals surface area contributed by atoms with Crippen LogP contribution in [0.2, 0.25) is 0 Å². The summed E-state index contributed by atoms with van der Waals surface area (Å²) >= 11 is 0. The SMILES string of the molecule is CC(=O)NCCNC1CCN(C)C1=O. The number of carbonyl (C=O) groups is 2. The molecule has 1 unspecified atom stereocenters. The van der Waals surface area contributed by atoms with Crippen molar-refractivity contribution in [1.29, 1.82) is 0 Å². The zero-order valence-electron chi connectivity index (χ0n) is 8.67. The Bertz CT molecular complexity index is 230. The van der Waals surface area contributed by atoms with Crippen molar-refractivity contribution >= 4 is 11.8 Å². The van der Waals surface area contributed by atoms with Crippen LogP contribution in [0.5, 0.6) is 0 Å². The summed E-state index contributed by atoms with van der Waals surface area (Å²) in [4.78, 5) is 23.7. The number of hydrogen-bond donors (Lipinski definition) is 2. The maximum atomic E-state index is 11.4. The first kappa shape index (κ1) is 11.0. The van der Waals surface area contributed by atoms with Gasteiger partial charge in [0.25, 0.3) is 0 Å². The van der Waals surface area contributed by atoms with Gasteiger partial charge in [0.05, 0.1) is 6.04 Å². The molecule has 1 rings (SSSR count). The van der Waals surface area contributed by atoms with E-state index >= 15 is 0 Å². The average Bonchev–Trinajstić information content (AvgIpc) is 2.43. The Kier molecular flexibility index (Phi) is 3.88. The first-order chi connectivity index (χ1) is 6.61. The summed E-state index contributed by atoms with van der Waals surface area (Å²) in [6.07, 6.45) is 0.857. The molecule has 0 bridgehead atoms. The first-order valence-electron chi connectivity index (χ1n) is 4.84. The molecule has 2 N–H and O–H groups in total. The number of hydrogen-bond acceptors (Lipinski definition) is 3. The van der Waals surface area contributed by atoms with Crippen LogP contribution in [0.4, 0.5) is 0 Å². The fourth-order valence-electron chi connectivity index (χ4n) is 1.50. The van der Waals surface area contributed by atoms with Crippen LogP contribution in [0.25, 0.3) is 0 Å². The summed E-state index contributed by atoms with van der Waals surface area (Å²) in [5.41, 5.74) is 0. The molecule has 1 atom stereocenters. The van der Waals surface area contributed by atoms with Crippen molar-refractivity contribution in [2.24, 2.45) is 0 Å². The summed E-state index contributed by atoms with van der Waals surface area (Å²) in [6.45, 7) is 3.51. The quantitative estimate of drug-likeness (QED) is 0.568. The van der Waals surface area contributed by atoms with Gasteiger partial charge in [-0.1, -0.05) is 0 Å². The van der Waals surface area contributed by atoms with E-state index < -0.39 is 0 Å². The van der Waals surface area contributed by atoms with Crippen molar-refractivity contribution in [3.05, 3.63) is 0 Å². The summed E-state index contributed by atoms with van der Waals surface area (Å²) in [5.74, 6) is 0.106. The second kappa shape index (κ2) is 4.95. The van der Waals surface area contributed by atoms with Crippen molar-refractivity contribution in [1.82, 2.24) is 15.5 Å². The van der Waals surface area contributed by atoms with Gasteiger partial charge in [-0.15, -0.1) is 0 Å². The van der Waals surface area contributed by atoms with E-state index in [-0.39, 0.29) is 17.9 Å². The maximum absolute atomic E-state index is 11.4. The molecule has 1 aliphatic rings. The van der Waals surface area contributed by atoms with Crippen molar-refractivity contribution in [3.63, 3.8) is 0 Å². The van der Waals surface area contributed by atoms with Gasteiger partial charge in [0, 0.05) is 33.6 Å². The third-order valence-electron chi connectivity index (χ3n) is 2.32. The minimum atomic E-state index is -0.0613. The summed E-state index contributed by atoms with van der Waals surface area (Å²) < 4.78 is 0. The van der Waals surface area contributed by atoms with Crippen molar-refractivity contribution in [2.75, 3.05) is 26.7 Å². The number of nitrogens with one attached hydrogen (secondary N) is 2. The third kappa shape index (κ3) is 2.99. The zero-order chi connectivity index (χ0) is 10.6. The Morgan fingerprint density at radius 2 is 2.29 bits per heavy atom. The van der Waals surface area contributed by atoms with Crippen molar-refractivity contribution < 1.29 is 9.59 Å². The normalized spacial score (nSPS) is 21.4. The first-order valence-corrected chi connectivity index (χ1v) is 4.84. The van der Waals surface area contributed by atoms with Crippen molar-refractivity contribution in [2.45, 2.75) is 19.4 Å². The van der Waals surface area contributed by atoms with Gasteiger partial charge < -0.3 is 15.5 Å². The smallest absolute Gasteiger partial charge is 0.239 e. The topological polar surface area (TPSA) is 61.4 Å². The molecular formula is C9H17N3O2. The predicted octanol–water partition coefficient (Wildman–Crippen LogP) is -1.06. The second-order valence-electron chi connectivity index (χ2n) is 3.54. The van der Waals surface area contributed by atoms with Gasteiger partial charge in [-0.2, -0.15) is 0 Å². The number of likely N-dealkylation sites (tertiary alicyclic amines) is 1. The molecular weight excluding hydrogens is 182 g/mol. The van der Waals surface area contributed by atoms with Crippen molar-refractivity contribution in [3.8, 4) is 0 Å². The lowest BCUT2D eigenvalue weighted by atomic mass is 10.2. The molecule has 1 aliphatic heterocycles. The van der Waals surface area contributed by atoms with E-state index in [0.717, 1.165) is 13.0 Å². The van der Waals surface area contributed by atoms with Gasteiger partial charge in [-0.05, 0) is 6.42 Å². The van der Waals surface area contributed by atoms with Crippen LogP contribution < -0.4 is 10.6 Å². The highest BCUT2D eigenvalue weighted by molar-refractivity contribution is 5.83. The van der Waals surface area contributed by atoms with E-state index in [2.05, 4.69) is 10.6 Å². The number of amides is 2. The van der Waals surface area contributed by atoms with Crippen LogP contribution in [0.1, 0.15) is 13.3 Å². The van der Waals surface area contributed by atoms with Crippen LogP contribution in [-0.2, 0) is 9.59 Å². The Morgan fingerprint density at radius 1 is 1.57 bits per heavy atom. The average molecular weight is 199 g/mol. The number of carbonyl (C=O) groups excluding carboxylic acids is 2. The highest BCUT2D eigenvalue weighted by atomic mass is 16.2. The van der Waals surface area contributed by atoms with Crippen LogP contribution in [0.3, 0.4) is 0 Å². The second-order valence-corrected chi connectivity index (χ2v) is 3.54. The van der Waals surface area contributed by atoms with E-state index in [1.807, 2.05) is 0 Å². The number of rotatable bonds is 4. The van der Waals surface area contributed by atoms with Crippen LogP contribution in [0, 0.1) is 0 Å². The molecule has 0 aromatic carbocycles. The van der Waals surface area contributed by atoms with Gasteiger partial charge in [-0.3, -0.25) is 9.59 Å². The summed E-state index contributed by atoms with van der Waals surface area (Å²) in [7, 11) is 1.80. The fraction of sp³-hybridized carbons (Fsp3) is 0.778. The molecule has 0 aromatic heterocycles. The van der Waals surface area contributed by atoms with E-state index in [1.54, 1.807) is 11.9 Å². The van der Waals surface area contributed by atoms with E-state index in [9.17, 15) is 9.59 Å². The largest absolute Gasteiger partial charge is 0.355 e. The van der Waals surface area contributed by atoms with Gasteiger partial charge in [0.1, 0.15) is 0 Å². The Morgan fingerprint density at radius 3 is 2.79 bits per heavy atom. The molecule has 1 heterocycles. The lowest BCUT2D eigenvalue weighted by molar-refractivity contribution is -0.128. The summed E-state index contributed by atoms with van der Waals surface area (Å²) in [6, 6.07) is -0.0613. The Hall–Kier alpha value is -1.10. The standard InChI is InChI=1S/C9H17N3O2/c1-7(13)10-4-5-11-8-3-6-12(2)9(8)14/h8,11H,3-6H2,1-2H3,(H,10,13). The van der Waals surface area contributed by atoms with E-state index in [4.69, 9.17) is 0 Å². The van der Waals surface area contributed by atoms with Crippen LogP contribution in [-0.4, -0.2) is 49.4 Å². The molecule has 14 heavy (non-hydrogen) atoms. The lowest BCUT2D eigenvalue weighted by Gasteiger charge is -2.11. The predicted molar refractivity (Wildman–Crippen MR) is 52.7 cm³/mol. The molecule has 0 aliphatic carbocycles. The van der Waals surface area contributed by atoms with E-state index in [1.165, 1.54) is 6.92 Å². The highest BCUT2D eigenvalue weighted by Crippen LogP contribution is 2.07.